The molecule has 0 aromatic rings. The van der Waals surface area contributed by atoms with Gasteiger partial charge >= 0.3 is 0 Å². The zero-order valence-corrected chi connectivity index (χ0v) is 13.7. The van der Waals surface area contributed by atoms with Crippen LogP contribution in [0, 0.1) is 0 Å². The molecule has 126 valence electrons. The van der Waals surface area contributed by atoms with Gasteiger partial charge in [0.05, 0.1) is 19.1 Å². The Hall–Kier alpha value is -0.650. The highest BCUT2D eigenvalue weighted by atomic mass is 16.5. The maximum absolute atomic E-state index is 12.3. The van der Waals surface area contributed by atoms with E-state index in [9.17, 15) is 4.79 Å². The Labute approximate surface area is 134 Å². The summed E-state index contributed by atoms with van der Waals surface area (Å²) in [5.74, 6) is 0.150. The number of likely N-dealkylation sites (tertiary alicyclic amines) is 1. The molecule has 0 unspecified atom stereocenters. The molecule has 2 aliphatic heterocycles. The summed E-state index contributed by atoms with van der Waals surface area (Å²) < 4.78 is 5.63. The molecule has 1 saturated carbocycles. The normalized spacial score (nSPS) is 29.4. The van der Waals surface area contributed by atoms with Crippen LogP contribution in [0.4, 0.5) is 0 Å². The van der Waals surface area contributed by atoms with Crippen molar-refractivity contribution in [2.75, 3.05) is 39.3 Å². The summed E-state index contributed by atoms with van der Waals surface area (Å²) in [6, 6.07) is 0. The number of nitrogens with one attached hydrogen (secondary N) is 2. The number of ether oxygens (including phenoxy) is 1. The van der Waals surface area contributed by atoms with Crippen molar-refractivity contribution in [2.45, 2.75) is 63.0 Å². The lowest BCUT2D eigenvalue weighted by atomic mass is 9.92. The first kappa shape index (κ1) is 16.2. The molecule has 0 spiro atoms. The van der Waals surface area contributed by atoms with Crippen molar-refractivity contribution in [3.8, 4) is 0 Å². The second kappa shape index (κ2) is 7.75. The third kappa shape index (κ3) is 4.00. The van der Waals surface area contributed by atoms with E-state index in [1.165, 1.54) is 58.0 Å². The van der Waals surface area contributed by atoms with Crippen molar-refractivity contribution in [3.63, 3.8) is 0 Å². The Balaban J connectivity index is 1.49. The molecular formula is C17H31N3O2. The van der Waals surface area contributed by atoms with Gasteiger partial charge < -0.3 is 15.4 Å². The van der Waals surface area contributed by atoms with Gasteiger partial charge in [-0.25, -0.2) is 0 Å². The van der Waals surface area contributed by atoms with Crippen LogP contribution in [0.2, 0.25) is 0 Å². The minimum absolute atomic E-state index is 0.0447. The van der Waals surface area contributed by atoms with Crippen molar-refractivity contribution in [1.29, 1.82) is 0 Å². The van der Waals surface area contributed by atoms with Gasteiger partial charge in [0.25, 0.3) is 0 Å². The van der Waals surface area contributed by atoms with Crippen LogP contribution < -0.4 is 10.6 Å². The Bertz CT molecular complexity index is 357. The molecular weight excluding hydrogens is 278 g/mol. The fourth-order valence-electron chi connectivity index (χ4n) is 4.30. The predicted molar refractivity (Wildman–Crippen MR) is 86.9 cm³/mol. The molecule has 0 bridgehead atoms. The van der Waals surface area contributed by atoms with Crippen molar-refractivity contribution in [3.05, 3.63) is 0 Å². The number of carbonyl (C=O) groups is 1. The van der Waals surface area contributed by atoms with Gasteiger partial charge in [-0.3, -0.25) is 9.69 Å². The smallest absolute Gasteiger partial charge is 0.222 e. The first-order valence-corrected chi connectivity index (χ1v) is 9.13. The van der Waals surface area contributed by atoms with E-state index < -0.39 is 0 Å². The standard InChI is InChI=1S/C17H31N3O2/c21-16(12-15-13-18-8-11-22-15)19-14-17(6-2-3-7-17)20-9-4-1-5-10-20/h15,18H,1-14H2,(H,19,21)/t15-/m1/s1. The van der Waals surface area contributed by atoms with Crippen molar-refractivity contribution < 1.29 is 9.53 Å². The van der Waals surface area contributed by atoms with Crippen LogP contribution in [0.3, 0.4) is 0 Å². The van der Waals surface area contributed by atoms with E-state index in [-0.39, 0.29) is 17.6 Å². The van der Waals surface area contributed by atoms with Gasteiger partial charge in [0, 0.05) is 25.2 Å². The van der Waals surface area contributed by atoms with E-state index in [4.69, 9.17) is 4.74 Å². The maximum Gasteiger partial charge on any atom is 0.222 e. The number of carbonyl (C=O) groups excluding carboxylic acids is 1. The van der Waals surface area contributed by atoms with Crippen LogP contribution >= 0.6 is 0 Å². The minimum Gasteiger partial charge on any atom is -0.375 e. The molecule has 5 heteroatoms. The molecule has 0 aromatic carbocycles. The molecule has 2 N–H and O–H groups in total. The highest BCUT2D eigenvalue weighted by Crippen LogP contribution is 2.36. The summed E-state index contributed by atoms with van der Waals surface area (Å²) in [4.78, 5) is 14.9. The number of morpholine rings is 1. The summed E-state index contributed by atoms with van der Waals surface area (Å²) in [6.45, 7) is 5.67. The van der Waals surface area contributed by atoms with Gasteiger partial charge in [0.1, 0.15) is 0 Å². The monoisotopic (exact) mass is 309 g/mol. The lowest BCUT2D eigenvalue weighted by molar-refractivity contribution is -0.125. The molecule has 5 nitrogen and oxygen atoms in total. The molecule has 3 aliphatic rings. The van der Waals surface area contributed by atoms with Crippen LogP contribution in [0.5, 0.6) is 0 Å². The second-order valence-electron chi connectivity index (χ2n) is 7.16. The molecule has 0 radical (unpaired) electrons. The number of hydrogen-bond donors (Lipinski definition) is 2. The summed E-state index contributed by atoms with van der Waals surface area (Å²) in [6.07, 6.45) is 9.64. The topological polar surface area (TPSA) is 53.6 Å². The maximum atomic E-state index is 12.3. The zero-order chi connectivity index (χ0) is 15.3. The van der Waals surface area contributed by atoms with Crippen LogP contribution in [0.15, 0.2) is 0 Å². The molecule has 1 aliphatic carbocycles. The SMILES string of the molecule is O=C(C[C@@H]1CNCCO1)NCC1(N2CCCCC2)CCCC1. The number of nitrogens with zero attached hydrogens (tertiary/aromatic N) is 1. The summed E-state index contributed by atoms with van der Waals surface area (Å²) in [5.41, 5.74) is 0.238. The van der Waals surface area contributed by atoms with Gasteiger partial charge in [0.15, 0.2) is 0 Å². The van der Waals surface area contributed by atoms with Crippen LogP contribution in [0.1, 0.15) is 51.4 Å². The van der Waals surface area contributed by atoms with Crippen LogP contribution in [0.25, 0.3) is 0 Å². The van der Waals surface area contributed by atoms with Gasteiger partial charge in [0.2, 0.25) is 5.91 Å². The minimum atomic E-state index is 0.0447. The Morgan fingerprint density at radius 1 is 1.18 bits per heavy atom. The molecule has 22 heavy (non-hydrogen) atoms. The van der Waals surface area contributed by atoms with E-state index >= 15 is 0 Å². The lowest BCUT2D eigenvalue weighted by Crippen LogP contribution is -2.56. The fourth-order valence-corrected chi connectivity index (χ4v) is 4.30. The molecule has 0 aromatic heterocycles. The second-order valence-corrected chi connectivity index (χ2v) is 7.16. The van der Waals surface area contributed by atoms with E-state index in [1.54, 1.807) is 0 Å². The Morgan fingerprint density at radius 2 is 1.95 bits per heavy atom. The van der Waals surface area contributed by atoms with Crippen molar-refractivity contribution in [1.82, 2.24) is 15.5 Å². The number of piperidine rings is 1. The first-order valence-electron chi connectivity index (χ1n) is 9.13. The van der Waals surface area contributed by atoms with Crippen molar-refractivity contribution >= 4 is 5.91 Å². The Kier molecular flexibility index (Phi) is 5.71. The third-order valence-corrected chi connectivity index (χ3v) is 5.59. The van der Waals surface area contributed by atoms with Crippen LogP contribution in [-0.2, 0) is 9.53 Å². The molecule has 1 atom stereocenters. The number of amides is 1. The molecule has 2 saturated heterocycles. The quantitative estimate of drug-likeness (QED) is 0.803. The highest BCUT2D eigenvalue weighted by molar-refractivity contribution is 5.76. The average Bonchev–Trinajstić information content (AvgIpc) is 3.05. The van der Waals surface area contributed by atoms with Gasteiger partial charge in [-0.2, -0.15) is 0 Å². The van der Waals surface area contributed by atoms with Gasteiger partial charge in [-0.05, 0) is 38.8 Å². The van der Waals surface area contributed by atoms with Crippen molar-refractivity contribution in [2.24, 2.45) is 0 Å². The first-order chi connectivity index (χ1) is 10.8. The van der Waals surface area contributed by atoms with E-state index in [2.05, 4.69) is 15.5 Å². The summed E-state index contributed by atoms with van der Waals surface area (Å²) >= 11 is 0. The molecule has 1 amide bonds. The van der Waals surface area contributed by atoms with Crippen LogP contribution in [-0.4, -0.2) is 61.8 Å². The third-order valence-electron chi connectivity index (χ3n) is 5.59. The predicted octanol–water partition coefficient (Wildman–Crippen LogP) is 1.28. The lowest BCUT2D eigenvalue weighted by Gasteiger charge is -2.43. The fraction of sp³-hybridized carbons (Fsp3) is 0.941. The summed E-state index contributed by atoms with van der Waals surface area (Å²) in [5, 5.41) is 6.51. The zero-order valence-electron chi connectivity index (χ0n) is 13.7. The number of rotatable bonds is 5. The molecule has 3 rings (SSSR count). The average molecular weight is 309 g/mol. The molecule has 2 heterocycles. The van der Waals surface area contributed by atoms with Gasteiger partial charge in [-0.1, -0.05) is 19.3 Å². The highest BCUT2D eigenvalue weighted by Gasteiger charge is 2.40. The van der Waals surface area contributed by atoms with Gasteiger partial charge in [-0.15, -0.1) is 0 Å². The Morgan fingerprint density at radius 3 is 2.64 bits per heavy atom. The largest absolute Gasteiger partial charge is 0.375 e. The number of hydrogen-bond acceptors (Lipinski definition) is 4. The van der Waals surface area contributed by atoms with E-state index in [0.29, 0.717) is 6.42 Å². The van der Waals surface area contributed by atoms with E-state index in [1.807, 2.05) is 0 Å². The van der Waals surface area contributed by atoms with E-state index in [0.717, 1.165) is 26.2 Å². The summed E-state index contributed by atoms with van der Waals surface area (Å²) in [7, 11) is 0. The molecule has 3 fully saturated rings.